The van der Waals surface area contributed by atoms with Gasteiger partial charge in [-0.1, -0.05) is 103 Å². The van der Waals surface area contributed by atoms with Crippen LogP contribution in [-0.2, 0) is 34.3 Å². The van der Waals surface area contributed by atoms with Gasteiger partial charge in [-0.15, -0.1) is 23.1 Å². The van der Waals surface area contributed by atoms with E-state index in [1.165, 1.54) is 30.0 Å². The van der Waals surface area contributed by atoms with Crippen molar-refractivity contribution in [3.8, 4) is 0 Å². The Hall–Kier alpha value is -4.73. The minimum atomic E-state index is -1.59. The number of fused-ring (bicyclic) bond motifs is 1. The standard InChI is InChI=1S/C36H31N5O7S2.Na/c1-3-48-40-28(31(43)38-29-32(44)41-30(34(45)46)23(19-47-22(2)42)20-49-33(29)41)27-21-50-35(37-27)39-36(24-13-7-4-8-14-24,25-15-9-5-10-16-25)26-17-11-6-12-18-26;/h3-18,21,29,33H,1,19-20H2,2H3,(H,37,39)(H,38,43)(H,45,46);/q;+1/p-1/t29?,33-;/m1./s1. The number of thioether (sulfide) groups is 1. The van der Waals surface area contributed by atoms with Crippen molar-refractivity contribution in [1.29, 1.82) is 0 Å². The van der Waals surface area contributed by atoms with Crippen LogP contribution in [0, 0.1) is 0 Å². The van der Waals surface area contributed by atoms with E-state index in [1.807, 2.05) is 91.0 Å². The van der Waals surface area contributed by atoms with Crippen molar-refractivity contribution in [3.63, 3.8) is 0 Å². The molecule has 1 fully saturated rings. The quantitative estimate of drug-likeness (QED) is 0.0374. The van der Waals surface area contributed by atoms with Gasteiger partial charge in [-0.3, -0.25) is 19.3 Å². The molecule has 0 saturated carbocycles. The van der Waals surface area contributed by atoms with Crippen LogP contribution in [-0.4, -0.2) is 63.1 Å². The molecule has 6 rings (SSSR count). The number of oxime groups is 1. The van der Waals surface area contributed by atoms with Crippen molar-refractivity contribution in [1.82, 2.24) is 15.2 Å². The summed E-state index contributed by atoms with van der Waals surface area (Å²) in [7, 11) is 0. The summed E-state index contributed by atoms with van der Waals surface area (Å²) in [6, 6.07) is 28.7. The molecule has 1 unspecified atom stereocenters. The average Bonchev–Trinajstić information content (AvgIpc) is 3.60. The molecule has 2 aliphatic heterocycles. The predicted octanol–water partition coefficient (Wildman–Crippen LogP) is 0.382. The molecule has 1 aromatic heterocycles. The molecule has 0 spiro atoms. The molecule has 3 heterocycles. The van der Waals surface area contributed by atoms with Gasteiger partial charge in [0, 0.05) is 23.6 Å². The zero-order valence-electron chi connectivity index (χ0n) is 27.6. The Bertz CT molecular complexity index is 1890. The number of carboxylic acid groups (broad SMARTS) is 1. The first-order valence-corrected chi connectivity index (χ1v) is 17.2. The van der Waals surface area contributed by atoms with Gasteiger partial charge in [0.15, 0.2) is 10.8 Å². The molecule has 2 atom stereocenters. The zero-order valence-corrected chi connectivity index (χ0v) is 31.2. The van der Waals surface area contributed by atoms with Gasteiger partial charge in [0.1, 0.15) is 35.5 Å². The third-order valence-electron chi connectivity index (χ3n) is 8.07. The largest absolute Gasteiger partial charge is 1.00 e. The number of nitrogens with zero attached hydrogens (tertiary/aromatic N) is 3. The molecule has 2 aliphatic rings. The third kappa shape index (κ3) is 7.65. The Balaban J connectivity index is 0.00000504. The Kier molecular flexibility index (Phi) is 12.2. The van der Waals surface area contributed by atoms with Crippen molar-refractivity contribution in [3.05, 3.63) is 143 Å². The Morgan fingerprint density at radius 1 is 1.02 bits per heavy atom. The molecule has 254 valence electrons. The summed E-state index contributed by atoms with van der Waals surface area (Å²) in [6.07, 6.45) is 1.04. The monoisotopic (exact) mass is 731 g/mol. The molecule has 2 amide bonds. The number of aliphatic carboxylic acids is 1. The van der Waals surface area contributed by atoms with Gasteiger partial charge >= 0.3 is 35.5 Å². The second-order valence-corrected chi connectivity index (χ2v) is 13.1. The van der Waals surface area contributed by atoms with Crippen LogP contribution in [0.2, 0.25) is 0 Å². The van der Waals surface area contributed by atoms with Crippen LogP contribution in [0.25, 0.3) is 0 Å². The number of carbonyl (C=O) groups is 4. The summed E-state index contributed by atoms with van der Waals surface area (Å²) < 4.78 is 4.96. The number of esters is 1. The van der Waals surface area contributed by atoms with Crippen LogP contribution < -0.4 is 45.3 Å². The molecule has 1 saturated heterocycles. The van der Waals surface area contributed by atoms with Crippen molar-refractivity contribution in [2.75, 3.05) is 17.7 Å². The number of aromatic nitrogens is 1. The number of β-lactam (4-membered cyclic amide) rings is 1. The number of hydrogen-bond donors (Lipinski definition) is 2. The van der Waals surface area contributed by atoms with E-state index >= 15 is 0 Å². The maximum atomic E-state index is 13.7. The van der Waals surface area contributed by atoms with E-state index in [9.17, 15) is 24.3 Å². The van der Waals surface area contributed by atoms with Gasteiger partial charge in [0.25, 0.3) is 11.8 Å². The second-order valence-electron chi connectivity index (χ2n) is 11.1. The maximum absolute atomic E-state index is 13.7. The topological polar surface area (TPSA) is 162 Å². The van der Waals surface area contributed by atoms with E-state index < -0.39 is 40.7 Å². The summed E-state index contributed by atoms with van der Waals surface area (Å²) in [5, 5.41) is 23.6. The van der Waals surface area contributed by atoms with Crippen molar-refractivity contribution < 1.29 is 63.4 Å². The molecule has 2 N–H and O–H groups in total. The van der Waals surface area contributed by atoms with Crippen molar-refractivity contribution >= 4 is 57.7 Å². The molecule has 0 radical (unpaired) electrons. The fourth-order valence-electron chi connectivity index (χ4n) is 5.86. The Labute approximate surface area is 323 Å². The molecule has 15 heteroatoms. The number of rotatable bonds is 13. The number of ether oxygens (including phenoxy) is 1. The van der Waals surface area contributed by atoms with E-state index in [1.54, 1.807) is 5.38 Å². The molecule has 12 nitrogen and oxygen atoms in total. The molecule has 0 aliphatic carbocycles. The Morgan fingerprint density at radius 2 is 1.59 bits per heavy atom. The first-order valence-electron chi connectivity index (χ1n) is 15.3. The third-order valence-corrected chi connectivity index (χ3v) is 10.2. The van der Waals surface area contributed by atoms with Gasteiger partial charge < -0.3 is 30.1 Å². The number of nitrogens with one attached hydrogen (secondary N) is 2. The van der Waals surface area contributed by atoms with Crippen LogP contribution >= 0.6 is 23.1 Å². The van der Waals surface area contributed by atoms with Gasteiger partial charge in [-0.05, 0) is 16.7 Å². The van der Waals surface area contributed by atoms with E-state index in [0.717, 1.165) is 27.9 Å². The molecule has 4 aromatic rings. The predicted molar refractivity (Wildman–Crippen MR) is 186 cm³/mol. The number of carboxylic acids is 1. The molecular formula is C36H30N5NaO7S2. The maximum Gasteiger partial charge on any atom is 1.00 e. The van der Waals surface area contributed by atoms with Gasteiger partial charge in [-0.2, -0.15) is 0 Å². The molecule has 51 heavy (non-hydrogen) atoms. The van der Waals surface area contributed by atoms with E-state index in [4.69, 9.17) is 14.6 Å². The van der Waals surface area contributed by atoms with Crippen LogP contribution in [0.1, 0.15) is 29.3 Å². The van der Waals surface area contributed by atoms with Gasteiger partial charge in [-0.25, -0.2) is 4.98 Å². The number of amides is 2. The fourth-order valence-corrected chi connectivity index (χ4v) is 7.93. The number of carbonyl (C=O) groups excluding carboxylic acids is 4. The normalized spacial score (nSPS) is 16.9. The van der Waals surface area contributed by atoms with Gasteiger partial charge in [0.05, 0.1) is 11.7 Å². The van der Waals surface area contributed by atoms with Crippen LogP contribution in [0.3, 0.4) is 0 Å². The number of thiazole rings is 1. The van der Waals surface area contributed by atoms with Crippen LogP contribution in [0.4, 0.5) is 5.13 Å². The SMILES string of the molecule is C=CON=C(C(=O)NC1C(=O)N2C(C(=O)[O-])=C(COC(C)=O)CS[C@H]12)c1csc(NC(c2ccccc2)(c2ccccc2)c2ccccc2)n1.[Na+]. The van der Waals surface area contributed by atoms with Crippen molar-refractivity contribution in [2.45, 2.75) is 23.9 Å². The van der Waals surface area contributed by atoms with E-state index in [2.05, 4.69) is 22.4 Å². The van der Waals surface area contributed by atoms with Crippen LogP contribution in [0.15, 0.2) is 126 Å². The molecular weight excluding hydrogens is 702 g/mol. The van der Waals surface area contributed by atoms with E-state index in [-0.39, 0.29) is 64.6 Å². The minimum Gasteiger partial charge on any atom is -0.543 e. The first kappa shape index (κ1) is 37.5. The summed E-state index contributed by atoms with van der Waals surface area (Å²) >= 11 is 2.47. The Morgan fingerprint density at radius 3 is 2.10 bits per heavy atom. The summed E-state index contributed by atoms with van der Waals surface area (Å²) in [5.41, 5.74) is 1.77. The first-order chi connectivity index (χ1) is 24.2. The second kappa shape index (κ2) is 16.5. The van der Waals surface area contributed by atoms with E-state index in [0.29, 0.717) is 5.13 Å². The van der Waals surface area contributed by atoms with Crippen LogP contribution in [0.5, 0.6) is 0 Å². The molecule has 0 bridgehead atoms. The number of benzene rings is 3. The average molecular weight is 732 g/mol. The fraction of sp³-hybridized carbons (Fsp3) is 0.167. The minimum absolute atomic E-state index is 0. The van der Waals surface area contributed by atoms with Crippen molar-refractivity contribution in [2.24, 2.45) is 5.16 Å². The smallest absolute Gasteiger partial charge is 0.543 e. The summed E-state index contributed by atoms with van der Waals surface area (Å²) in [6.45, 7) is 4.40. The summed E-state index contributed by atoms with van der Waals surface area (Å²) in [4.78, 5) is 61.1. The van der Waals surface area contributed by atoms with Gasteiger partial charge in [0.2, 0.25) is 0 Å². The zero-order chi connectivity index (χ0) is 35.3. The number of hydrogen-bond acceptors (Lipinski definition) is 12. The summed E-state index contributed by atoms with van der Waals surface area (Å²) in [5.74, 6) is -3.48. The number of anilines is 1. The molecule has 3 aromatic carbocycles.